The third-order valence-corrected chi connectivity index (χ3v) is 4.85. The third kappa shape index (κ3) is 4.79. The van der Waals surface area contributed by atoms with Gasteiger partial charge < -0.3 is 20.9 Å². The van der Waals surface area contributed by atoms with Crippen LogP contribution in [0.3, 0.4) is 0 Å². The Morgan fingerprint density at radius 1 is 1.21 bits per heavy atom. The molecule has 3 aromatic rings. The van der Waals surface area contributed by atoms with Crippen molar-refractivity contribution in [1.29, 1.82) is 0 Å². The van der Waals surface area contributed by atoms with Crippen molar-refractivity contribution < 1.29 is 9.84 Å². The average molecular weight is 398 g/mol. The summed E-state index contributed by atoms with van der Waals surface area (Å²) in [5.74, 6) is 1.57. The molecule has 3 rings (SSSR count). The first-order valence-electron chi connectivity index (χ1n) is 8.86. The topological polar surface area (TPSA) is 113 Å². The zero-order valence-electron chi connectivity index (χ0n) is 15.4. The van der Waals surface area contributed by atoms with Crippen LogP contribution in [0.15, 0.2) is 64.4 Å². The lowest BCUT2D eigenvalue weighted by molar-refractivity contribution is 0.264. The number of aromatic amines is 1. The van der Waals surface area contributed by atoms with Crippen molar-refractivity contribution in [3.63, 3.8) is 0 Å². The first-order chi connectivity index (χ1) is 13.6. The van der Waals surface area contributed by atoms with Crippen LogP contribution >= 0.6 is 11.5 Å². The second-order valence-corrected chi connectivity index (χ2v) is 6.88. The van der Waals surface area contributed by atoms with Gasteiger partial charge in [0, 0.05) is 5.69 Å². The fourth-order valence-corrected chi connectivity index (χ4v) is 3.27. The highest BCUT2D eigenvalue weighted by Crippen LogP contribution is 2.26. The van der Waals surface area contributed by atoms with E-state index in [4.69, 9.17) is 10.5 Å². The summed E-state index contributed by atoms with van der Waals surface area (Å²) < 4.78 is 8.44. The van der Waals surface area contributed by atoms with Gasteiger partial charge in [-0.05, 0) is 54.4 Å². The van der Waals surface area contributed by atoms with Gasteiger partial charge >= 0.3 is 0 Å². The van der Waals surface area contributed by atoms with Crippen molar-refractivity contribution in [2.75, 3.05) is 11.9 Å². The number of nitrogens with two attached hydrogens (primary N) is 1. The van der Waals surface area contributed by atoms with Crippen molar-refractivity contribution in [1.82, 2.24) is 4.37 Å². The summed E-state index contributed by atoms with van der Waals surface area (Å²) in [6, 6.07) is 16.5. The van der Waals surface area contributed by atoms with Gasteiger partial charge in [-0.3, -0.25) is 14.2 Å². The SMILES string of the molecule is CCC(CO)N=C(N)c1c(Nc2ccc(Oc3ccccc3)cc2)s[nH]c1=O. The zero-order chi connectivity index (χ0) is 19.9. The number of aliphatic hydroxyl groups excluding tert-OH is 1. The minimum Gasteiger partial charge on any atom is -0.457 e. The number of anilines is 2. The number of rotatable bonds is 8. The van der Waals surface area contributed by atoms with Gasteiger partial charge in [-0.25, -0.2) is 0 Å². The Kier molecular flexibility index (Phi) is 6.46. The van der Waals surface area contributed by atoms with Crippen LogP contribution in [-0.2, 0) is 0 Å². The van der Waals surface area contributed by atoms with Gasteiger partial charge in [-0.2, -0.15) is 0 Å². The molecular weight excluding hydrogens is 376 g/mol. The number of aromatic nitrogens is 1. The highest BCUT2D eigenvalue weighted by molar-refractivity contribution is 7.10. The number of benzene rings is 2. The van der Waals surface area contributed by atoms with E-state index in [1.54, 1.807) is 0 Å². The van der Waals surface area contributed by atoms with E-state index in [1.807, 2.05) is 61.5 Å². The average Bonchev–Trinajstić information content (AvgIpc) is 3.08. The lowest BCUT2D eigenvalue weighted by Gasteiger charge is -2.10. The summed E-state index contributed by atoms with van der Waals surface area (Å²) in [4.78, 5) is 16.4. The fraction of sp³-hybridized carbons (Fsp3) is 0.200. The molecule has 1 atom stereocenters. The van der Waals surface area contributed by atoms with Crippen LogP contribution in [-0.4, -0.2) is 28.0 Å². The summed E-state index contributed by atoms with van der Waals surface area (Å²) in [5.41, 5.74) is 6.76. The van der Waals surface area contributed by atoms with Gasteiger partial charge in [0.25, 0.3) is 5.56 Å². The van der Waals surface area contributed by atoms with Crippen LogP contribution in [0.25, 0.3) is 0 Å². The molecule has 0 saturated carbocycles. The number of hydrogen-bond acceptors (Lipinski definition) is 6. The van der Waals surface area contributed by atoms with Crippen LogP contribution in [0.1, 0.15) is 18.9 Å². The van der Waals surface area contributed by atoms with Crippen molar-refractivity contribution in [2.45, 2.75) is 19.4 Å². The highest BCUT2D eigenvalue weighted by atomic mass is 32.1. The number of aliphatic imine (C=N–C) groups is 1. The maximum absolute atomic E-state index is 12.2. The van der Waals surface area contributed by atoms with E-state index in [2.05, 4.69) is 14.7 Å². The normalized spacial score (nSPS) is 12.6. The maximum Gasteiger partial charge on any atom is 0.271 e. The van der Waals surface area contributed by atoms with E-state index in [0.29, 0.717) is 17.2 Å². The van der Waals surface area contributed by atoms with Gasteiger partial charge in [-0.1, -0.05) is 25.1 Å². The molecule has 5 N–H and O–H groups in total. The summed E-state index contributed by atoms with van der Waals surface area (Å²) in [6.07, 6.45) is 0.630. The van der Waals surface area contributed by atoms with Crippen molar-refractivity contribution >= 4 is 28.1 Å². The zero-order valence-corrected chi connectivity index (χ0v) is 16.2. The monoisotopic (exact) mass is 398 g/mol. The molecule has 0 aliphatic heterocycles. The van der Waals surface area contributed by atoms with Crippen molar-refractivity contribution in [3.8, 4) is 11.5 Å². The van der Waals surface area contributed by atoms with E-state index in [-0.39, 0.29) is 29.6 Å². The molecule has 0 saturated heterocycles. The molecule has 0 aliphatic carbocycles. The van der Waals surface area contributed by atoms with Crippen LogP contribution in [0, 0.1) is 0 Å². The Balaban J connectivity index is 1.76. The minimum atomic E-state index is -0.332. The molecule has 1 unspecified atom stereocenters. The third-order valence-electron chi connectivity index (χ3n) is 4.05. The molecule has 2 aromatic carbocycles. The standard InChI is InChI=1S/C20H22N4O3S/c1-2-13(12-25)22-18(21)17-19(26)24-28-20(17)23-14-8-10-16(11-9-14)27-15-6-4-3-5-7-15/h3-11,13,23,25H,2,12H2,1H3,(H2,21,22)(H,24,26). The predicted octanol–water partition coefficient (Wildman–Crippen LogP) is 3.45. The molecule has 0 fully saturated rings. The molecule has 8 heteroatoms. The Labute approximate surface area is 166 Å². The lowest BCUT2D eigenvalue weighted by Crippen LogP contribution is -2.25. The molecule has 0 aliphatic rings. The minimum absolute atomic E-state index is 0.106. The number of nitrogens with zero attached hydrogens (tertiary/aromatic N) is 1. The van der Waals surface area contributed by atoms with E-state index < -0.39 is 0 Å². The van der Waals surface area contributed by atoms with E-state index in [1.165, 1.54) is 0 Å². The van der Waals surface area contributed by atoms with Crippen molar-refractivity contribution in [3.05, 3.63) is 70.5 Å². The number of H-pyrrole nitrogens is 1. The van der Waals surface area contributed by atoms with E-state index in [0.717, 1.165) is 23.0 Å². The van der Waals surface area contributed by atoms with Crippen LogP contribution < -0.4 is 21.3 Å². The van der Waals surface area contributed by atoms with Gasteiger partial charge in [-0.15, -0.1) is 0 Å². The molecule has 7 nitrogen and oxygen atoms in total. The summed E-state index contributed by atoms with van der Waals surface area (Å²) in [6.45, 7) is 1.78. The van der Waals surface area contributed by atoms with E-state index in [9.17, 15) is 9.90 Å². The second-order valence-electron chi connectivity index (χ2n) is 6.06. The Hall–Kier alpha value is -3.10. The van der Waals surface area contributed by atoms with Gasteiger partial charge in [0.1, 0.15) is 27.9 Å². The van der Waals surface area contributed by atoms with Crippen molar-refractivity contribution in [2.24, 2.45) is 10.7 Å². The number of hydrogen-bond donors (Lipinski definition) is 4. The number of amidine groups is 1. The number of aliphatic hydroxyl groups is 1. The second kappa shape index (κ2) is 9.20. The first-order valence-corrected chi connectivity index (χ1v) is 9.68. The molecule has 1 aromatic heterocycles. The summed E-state index contributed by atoms with van der Waals surface area (Å²) >= 11 is 1.15. The number of para-hydroxylation sites is 1. The molecular formula is C20H22N4O3S. The molecule has 1 heterocycles. The fourth-order valence-electron chi connectivity index (χ4n) is 2.51. The summed E-state index contributed by atoms with van der Waals surface area (Å²) in [5, 5.41) is 13.1. The van der Waals surface area contributed by atoms with Gasteiger partial charge in [0.05, 0.1) is 12.6 Å². The van der Waals surface area contributed by atoms with Crippen LogP contribution in [0.2, 0.25) is 0 Å². The predicted molar refractivity (Wildman–Crippen MR) is 113 cm³/mol. The van der Waals surface area contributed by atoms with E-state index >= 15 is 0 Å². The highest BCUT2D eigenvalue weighted by Gasteiger charge is 2.16. The molecule has 28 heavy (non-hydrogen) atoms. The molecule has 0 bridgehead atoms. The van der Waals surface area contributed by atoms with Crippen LogP contribution in [0.4, 0.5) is 10.7 Å². The Bertz CT molecular complexity index is 977. The number of nitrogens with one attached hydrogen (secondary N) is 2. The largest absolute Gasteiger partial charge is 0.457 e. The molecule has 146 valence electrons. The van der Waals surface area contributed by atoms with Gasteiger partial charge in [0.15, 0.2) is 0 Å². The van der Waals surface area contributed by atoms with Gasteiger partial charge in [0.2, 0.25) is 0 Å². The molecule has 0 radical (unpaired) electrons. The number of ether oxygens (including phenoxy) is 1. The maximum atomic E-state index is 12.2. The molecule has 0 amide bonds. The Morgan fingerprint density at radius 3 is 2.54 bits per heavy atom. The quantitative estimate of drug-likeness (QED) is 0.343. The first kappa shape index (κ1) is 19.7. The Morgan fingerprint density at radius 2 is 1.89 bits per heavy atom. The van der Waals surface area contributed by atoms with Crippen LogP contribution in [0.5, 0.6) is 11.5 Å². The summed E-state index contributed by atoms with van der Waals surface area (Å²) in [7, 11) is 0. The smallest absolute Gasteiger partial charge is 0.271 e. The lowest BCUT2D eigenvalue weighted by atomic mass is 10.2. The molecule has 0 spiro atoms.